The molecule has 0 radical (unpaired) electrons. The number of nitrogens with zero attached hydrogens (tertiary/aromatic N) is 3. The smallest absolute Gasteiger partial charge is 0.300 e. The zero-order valence-corrected chi connectivity index (χ0v) is 17.4. The van der Waals surface area contributed by atoms with Crippen molar-refractivity contribution in [1.82, 2.24) is 9.97 Å². The molecule has 2 heterocycles. The fourth-order valence-electron chi connectivity index (χ4n) is 3.37. The van der Waals surface area contributed by atoms with Crippen molar-refractivity contribution in [3.05, 3.63) is 66.4 Å². The highest BCUT2D eigenvalue weighted by Gasteiger charge is 2.39. The number of carbonyl (C=O) groups is 2. The van der Waals surface area contributed by atoms with E-state index in [4.69, 9.17) is 14.9 Å². The summed E-state index contributed by atoms with van der Waals surface area (Å²) in [6, 6.07) is 17.6. The summed E-state index contributed by atoms with van der Waals surface area (Å²) in [5.41, 5.74) is 3.61. The summed E-state index contributed by atoms with van der Waals surface area (Å²) in [7, 11) is 1.81. The molecule has 0 saturated heterocycles. The number of para-hydroxylation sites is 2. The molecule has 2 N–H and O–H groups in total. The number of carboxylic acids is 1. The molecule has 7 nitrogen and oxygen atoms in total. The predicted octanol–water partition coefficient (Wildman–Crippen LogP) is 4.23. The van der Waals surface area contributed by atoms with Crippen LogP contribution in [0.4, 0.5) is 17.3 Å². The summed E-state index contributed by atoms with van der Waals surface area (Å²) in [5.74, 6) is -0.298. The Morgan fingerprint density at radius 2 is 1.67 bits per heavy atom. The standard InChI is InChI=1S/C21H20N4O.C2H4O2/c1-21(2)16-13-22-20(23-14-9-5-4-6-10-14)24-18(16)15-11-7-8-12-17(15)25(3)19(21)26;1-2(3)4/h4-13H,1-3H3,(H,22,23,24);1H3,(H,3,4). The van der Waals surface area contributed by atoms with E-state index in [2.05, 4.69) is 10.3 Å². The molecule has 1 aliphatic heterocycles. The van der Waals surface area contributed by atoms with Crippen LogP contribution < -0.4 is 10.2 Å². The summed E-state index contributed by atoms with van der Waals surface area (Å²) >= 11 is 0. The van der Waals surface area contributed by atoms with Crippen LogP contribution in [0.3, 0.4) is 0 Å². The minimum absolute atomic E-state index is 0.0241. The Morgan fingerprint density at radius 3 is 2.33 bits per heavy atom. The highest BCUT2D eigenvalue weighted by molar-refractivity contribution is 6.06. The highest BCUT2D eigenvalue weighted by atomic mass is 16.4. The highest BCUT2D eigenvalue weighted by Crippen LogP contribution is 2.42. The van der Waals surface area contributed by atoms with E-state index < -0.39 is 11.4 Å². The maximum Gasteiger partial charge on any atom is 0.300 e. The topological polar surface area (TPSA) is 95.4 Å². The molecule has 0 aliphatic carbocycles. The van der Waals surface area contributed by atoms with Gasteiger partial charge in [0.2, 0.25) is 11.9 Å². The van der Waals surface area contributed by atoms with Gasteiger partial charge in [-0.1, -0.05) is 36.4 Å². The van der Waals surface area contributed by atoms with Crippen molar-refractivity contribution < 1.29 is 14.7 Å². The second-order valence-corrected chi connectivity index (χ2v) is 7.47. The lowest BCUT2D eigenvalue weighted by molar-refractivity contribution is -0.134. The van der Waals surface area contributed by atoms with Crippen molar-refractivity contribution in [2.45, 2.75) is 26.2 Å². The number of rotatable bonds is 2. The first kappa shape index (κ1) is 21.0. The number of benzene rings is 2. The average molecular weight is 404 g/mol. The lowest BCUT2D eigenvalue weighted by Crippen LogP contribution is -2.40. The summed E-state index contributed by atoms with van der Waals surface area (Å²) in [6.45, 7) is 4.93. The van der Waals surface area contributed by atoms with Crippen LogP contribution in [0.2, 0.25) is 0 Å². The van der Waals surface area contributed by atoms with E-state index in [-0.39, 0.29) is 5.91 Å². The van der Waals surface area contributed by atoms with Crippen LogP contribution in [-0.4, -0.2) is 34.0 Å². The first-order valence-electron chi connectivity index (χ1n) is 9.48. The molecular formula is C23H24N4O3. The number of aliphatic carboxylic acids is 1. The molecule has 0 saturated carbocycles. The monoisotopic (exact) mass is 404 g/mol. The summed E-state index contributed by atoms with van der Waals surface area (Å²) in [4.78, 5) is 33.0. The number of aromatic nitrogens is 2. The van der Waals surface area contributed by atoms with Gasteiger partial charge in [-0.25, -0.2) is 9.97 Å². The number of likely N-dealkylation sites (N-methyl/N-ethyl adjacent to an activating group) is 1. The molecular weight excluding hydrogens is 380 g/mol. The SMILES string of the molecule is CC(=O)O.CN1C(=O)C(C)(C)c2cnc(Nc3ccccc3)nc2-c2ccccc21. The van der Waals surface area contributed by atoms with Crippen molar-refractivity contribution in [3.63, 3.8) is 0 Å². The number of nitrogens with one attached hydrogen (secondary N) is 1. The molecule has 154 valence electrons. The Balaban J connectivity index is 0.000000589. The van der Waals surface area contributed by atoms with E-state index in [9.17, 15) is 4.79 Å². The first-order chi connectivity index (χ1) is 14.2. The quantitative estimate of drug-likeness (QED) is 0.664. The molecule has 0 bridgehead atoms. The molecule has 0 spiro atoms. The van der Waals surface area contributed by atoms with Gasteiger partial charge in [-0.05, 0) is 32.0 Å². The molecule has 3 aromatic rings. The van der Waals surface area contributed by atoms with E-state index in [0.717, 1.165) is 35.1 Å². The predicted molar refractivity (Wildman–Crippen MR) is 117 cm³/mol. The van der Waals surface area contributed by atoms with Crippen LogP contribution in [-0.2, 0) is 15.0 Å². The van der Waals surface area contributed by atoms with E-state index in [1.165, 1.54) is 0 Å². The van der Waals surface area contributed by atoms with E-state index in [1.807, 2.05) is 75.5 Å². The number of carbonyl (C=O) groups excluding carboxylic acids is 1. The van der Waals surface area contributed by atoms with Crippen molar-refractivity contribution in [1.29, 1.82) is 0 Å². The third kappa shape index (κ3) is 4.15. The zero-order chi connectivity index (χ0) is 21.9. The normalized spacial score (nSPS) is 13.9. The van der Waals surface area contributed by atoms with Crippen LogP contribution in [0, 0.1) is 0 Å². The minimum atomic E-state index is -0.833. The van der Waals surface area contributed by atoms with Crippen molar-refractivity contribution in [2.24, 2.45) is 0 Å². The van der Waals surface area contributed by atoms with Crippen molar-refractivity contribution >= 4 is 29.2 Å². The van der Waals surface area contributed by atoms with E-state index in [0.29, 0.717) is 5.95 Å². The number of hydrogen-bond acceptors (Lipinski definition) is 5. The fraction of sp³-hybridized carbons (Fsp3) is 0.217. The summed E-state index contributed by atoms with van der Waals surface area (Å²) in [6.07, 6.45) is 1.77. The van der Waals surface area contributed by atoms with Gasteiger partial charge in [0.25, 0.3) is 5.97 Å². The number of anilines is 3. The van der Waals surface area contributed by atoms with Gasteiger partial charge < -0.3 is 15.3 Å². The summed E-state index contributed by atoms with van der Waals surface area (Å²) < 4.78 is 0. The largest absolute Gasteiger partial charge is 0.481 e. The van der Waals surface area contributed by atoms with Crippen molar-refractivity contribution in [2.75, 3.05) is 17.3 Å². The van der Waals surface area contributed by atoms with Crippen LogP contribution in [0.25, 0.3) is 11.3 Å². The number of amides is 1. The molecule has 0 atom stereocenters. The van der Waals surface area contributed by atoms with Crippen molar-refractivity contribution in [3.8, 4) is 11.3 Å². The zero-order valence-electron chi connectivity index (χ0n) is 17.4. The molecule has 7 heteroatoms. The molecule has 1 aliphatic rings. The number of carboxylic acid groups (broad SMARTS) is 1. The fourth-order valence-corrected chi connectivity index (χ4v) is 3.37. The number of fused-ring (bicyclic) bond motifs is 3. The van der Waals surface area contributed by atoms with Crippen LogP contribution in [0.15, 0.2) is 60.8 Å². The van der Waals surface area contributed by atoms with Gasteiger partial charge in [-0.15, -0.1) is 0 Å². The van der Waals surface area contributed by atoms with Crippen LogP contribution in [0.1, 0.15) is 26.3 Å². The minimum Gasteiger partial charge on any atom is -0.481 e. The third-order valence-corrected chi connectivity index (χ3v) is 4.85. The van der Waals surface area contributed by atoms with Gasteiger partial charge in [0.1, 0.15) is 0 Å². The van der Waals surface area contributed by atoms with Crippen LogP contribution >= 0.6 is 0 Å². The molecule has 30 heavy (non-hydrogen) atoms. The molecule has 0 unspecified atom stereocenters. The maximum absolute atomic E-state index is 13.0. The molecule has 4 rings (SSSR count). The lowest BCUT2D eigenvalue weighted by Gasteiger charge is -2.27. The Morgan fingerprint density at radius 1 is 1.07 bits per heavy atom. The molecule has 1 aromatic heterocycles. The van der Waals surface area contributed by atoms with Crippen LogP contribution in [0.5, 0.6) is 0 Å². The lowest BCUT2D eigenvalue weighted by atomic mass is 9.83. The van der Waals surface area contributed by atoms with Gasteiger partial charge in [0, 0.05) is 37.0 Å². The van der Waals surface area contributed by atoms with Gasteiger partial charge in [0.05, 0.1) is 16.8 Å². The van der Waals surface area contributed by atoms with Gasteiger partial charge >= 0.3 is 0 Å². The second kappa shape index (κ2) is 8.32. The first-order valence-corrected chi connectivity index (χ1v) is 9.48. The Labute approximate surface area is 175 Å². The van der Waals surface area contributed by atoms with E-state index >= 15 is 0 Å². The Bertz CT molecular complexity index is 1080. The number of hydrogen-bond donors (Lipinski definition) is 2. The Hall–Kier alpha value is -3.74. The van der Waals surface area contributed by atoms with Gasteiger partial charge in [0.15, 0.2) is 0 Å². The average Bonchev–Trinajstić information content (AvgIpc) is 2.78. The molecule has 1 amide bonds. The second-order valence-electron chi connectivity index (χ2n) is 7.47. The van der Waals surface area contributed by atoms with E-state index in [1.54, 1.807) is 11.1 Å². The summed E-state index contributed by atoms with van der Waals surface area (Å²) in [5, 5.41) is 10.7. The van der Waals surface area contributed by atoms with Gasteiger partial charge in [-0.2, -0.15) is 0 Å². The Kier molecular flexibility index (Phi) is 5.82. The van der Waals surface area contributed by atoms with Gasteiger partial charge in [-0.3, -0.25) is 9.59 Å². The maximum atomic E-state index is 13.0. The molecule has 0 fully saturated rings. The molecule has 2 aromatic carbocycles. The third-order valence-electron chi connectivity index (χ3n) is 4.85.